The van der Waals surface area contributed by atoms with E-state index in [0.717, 1.165) is 5.56 Å². The fraction of sp³-hybridized carbons (Fsp3) is 0.333. The minimum atomic E-state index is -0.377. The van der Waals surface area contributed by atoms with Crippen molar-refractivity contribution in [3.63, 3.8) is 0 Å². The molecule has 0 aliphatic carbocycles. The first-order valence-corrected chi connectivity index (χ1v) is 9.91. The van der Waals surface area contributed by atoms with Gasteiger partial charge in [0.25, 0.3) is 11.5 Å². The van der Waals surface area contributed by atoms with E-state index < -0.39 is 0 Å². The minimum Gasteiger partial charge on any atom is -0.494 e. The molecule has 1 saturated heterocycles. The number of nitrogens with zero attached hydrogens (tertiary/aromatic N) is 5. The molecule has 1 aliphatic rings. The maximum absolute atomic E-state index is 13.9. The van der Waals surface area contributed by atoms with Crippen LogP contribution in [0.15, 0.2) is 41.3 Å². The van der Waals surface area contributed by atoms with Gasteiger partial charge < -0.3 is 9.64 Å². The number of nitrogens with one attached hydrogen (secondary N) is 1. The number of aromatic nitrogens is 4. The number of amides is 1. The number of benzene rings is 1. The van der Waals surface area contributed by atoms with Crippen molar-refractivity contribution < 1.29 is 13.9 Å². The van der Waals surface area contributed by atoms with Gasteiger partial charge >= 0.3 is 0 Å². The third kappa shape index (κ3) is 4.33. The van der Waals surface area contributed by atoms with Crippen molar-refractivity contribution in [2.24, 2.45) is 0 Å². The molecule has 1 fully saturated rings. The van der Waals surface area contributed by atoms with Crippen LogP contribution in [-0.2, 0) is 6.54 Å². The van der Waals surface area contributed by atoms with Crippen LogP contribution in [0.4, 0.5) is 4.39 Å². The van der Waals surface area contributed by atoms with Crippen LogP contribution in [0.3, 0.4) is 0 Å². The number of halogens is 1. The summed E-state index contributed by atoms with van der Waals surface area (Å²) in [5.74, 6) is 0.196. The van der Waals surface area contributed by atoms with Crippen molar-refractivity contribution in [2.75, 3.05) is 33.3 Å². The molecule has 0 spiro atoms. The fourth-order valence-electron chi connectivity index (χ4n) is 3.65. The molecular weight excluding hydrogens is 403 g/mol. The summed E-state index contributed by atoms with van der Waals surface area (Å²) < 4.78 is 20.4. The number of hydrogen-bond acceptors (Lipinski definition) is 6. The van der Waals surface area contributed by atoms with Gasteiger partial charge in [-0.15, -0.1) is 0 Å². The number of carbonyl (C=O) groups excluding carboxylic acids is 1. The Morgan fingerprint density at radius 1 is 1.19 bits per heavy atom. The van der Waals surface area contributed by atoms with Crippen LogP contribution in [0.25, 0.3) is 5.82 Å². The number of carbonyl (C=O) groups is 1. The molecule has 162 valence electrons. The van der Waals surface area contributed by atoms with E-state index in [1.54, 1.807) is 24.0 Å². The predicted octanol–water partition coefficient (Wildman–Crippen LogP) is 1.37. The van der Waals surface area contributed by atoms with Crippen molar-refractivity contribution in [1.82, 2.24) is 29.8 Å². The van der Waals surface area contributed by atoms with Crippen LogP contribution in [0.2, 0.25) is 0 Å². The zero-order chi connectivity index (χ0) is 22.0. The van der Waals surface area contributed by atoms with Gasteiger partial charge in [0.2, 0.25) is 0 Å². The molecule has 2 aromatic heterocycles. The third-order valence-corrected chi connectivity index (χ3v) is 5.40. The largest absolute Gasteiger partial charge is 0.494 e. The van der Waals surface area contributed by atoms with E-state index in [4.69, 9.17) is 4.74 Å². The Kier molecular flexibility index (Phi) is 5.81. The molecule has 0 unspecified atom stereocenters. The second kappa shape index (κ2) is 8.68. The Hall–Kier alpha value is -3.53. The van der Waals surface area contributed by atoms with Crippen LogP contribution in [0.1, 0.15) is 21.6 Å². The second-order valence-corrected chi connectivity index (χ2v) is 7.37. The molecule has 0 atom stereocenters. The van der Waals surface area contributed by atoms with Crippen molar-refractivity contribution in [3.8, 4) is 11.6 Å². The van der Waals surface area contributed by atoms with Crippen molar-refractivity contribution >= 4 is 5.91 Å². The molecule has 0 bridgehead atoms. The van der Waals surface area contributed by atoms with E-state index in [0.29, 0.717) is 49.8 Å². The van der Waals surface area contributed by atoms with Crippen LogP contribution >= 0.6 is 0 Å². The van der Waals surface area contributed by atoms with E-state index in [9.17, 15) is 14.0 Å². The topological polar surface area (TPSA) is 96.4 Å². The molecule has 1 N–H and O–H groups in total. The average Bonchev–Trinajstić information content (AvgIpc) is 3.16. The first-order chi connectivity index (χ1) is 15.0. The lowest BCUT2D eigenvalue weighted by Gasteiger charge is -2.34. The Morgan fingerprint density at radius 3 is 2.61 bits per heavy atom. The van der Waals surface area contributed by atoms with Gasteiger partial charge in [-0.25, -0.2) is 14.2 Å². The van der Waals surface area contributed by atoms with E-state index >= 15 is 0 Å². The Bertz CT molecular complexity index is 1130. The molecule has 1 aromatic carbocycles. The van der Waals surface area contributed by atoms with Gasteiger partial charge in [-0.2, -0.15) is 10.2 Å². The zero-order valence-corrected chi connectivity index (χ0v) is 17.3. The molecule has 1 amide bonds. The number of H-pyrrole nitrogens is 1. The first kappa shape index (κ1) is 20.7. The molecule has 10 heteroatoms. The van der Waals surface area contributed by atoms with Crippen LogP contribution in [0.5, 0.6) is 5.75 Å². The molecule has 3 heterocycles. The quantitative estimate of drug-likeness (QED) is 0.662. The minimum absolute atomic E-state index is 0.0942. The van der Waals surface area contributed by atoms with Crippen molar-refractivity contribution in [1.29, 1.82) is 0 Å². The smallest absolute Gasteiger partial charge is 0.264 e. The highest BCUT2D eigenvalue weighted by Gasteiger charge is 2.25. The van der Waals surface area contributed by atoms with Crippen LogP contribution in [-0.4, -0.2) is 69.0 Å². The monoisotopic (exact) mass is 426 g/mol. The summed E-state index contributed by atoms with van der Waals surface area (Å²) in [5.41, 5.74) is 1.71. The molecule has 3 aromatic rings. The highest BCUT2D eigenvalue weighted by Crippen LogP contribution is 2.20. The molecule has 0 radical (unpaired) electrons. The summed E-state index contributed by atoms with van der Waals surface area (Å²) in [4.78, 5) is 28.2. The lowest BCUT2D eigenvalue weighted by molar-refractivity contribution is 0.0627. The highest BCUT2D eigenvalue weighted by atomic mass is 19.1. The molecule has 4 rings (SSSR count). The number of piperazine rings is 1. The Labute approximate surface area is 178 Å². The highest BCUT2D eigenvalue weighted by molar-refractivity contribution is 5.95. The molecule has 0 saturated carbocycles. The SMILES string of the molecule is COc1ccc(CN2CCN(C(=O)c3cnn(-c4ccc(=O)[nH]n4)c3C)CC2)cc1F. The lowest BCUT2D eigenvalue weighted by atomic mass is 10.1. The maximum atomic E-state index is 13.9. The summed E-state index contributed by atoms with van der Waals surface area (Å²) in [5, 5.41) is 10.6. The maximum Gasteiger partial charge on any atom is 0.264 e. The third-order valence-electron chi connectivity index (χ3n) is 5.40. The normalized spacial score (nSPS) is 14.6. The van der Waals surface area contributed by atoms with Gasteiger partial charge in [-0.1, -0.05) is 6.07 Å². The summed E-state index contributed by atoms with van der Waals surface area (Å²) in [6.45, 7) is 4.92. The van der Waals surface area contributed by atoms with Gasteiger partial charge in [0.05, 0.1) is 24.6 Å². The van der Waals surface area contributed by atoms with E-state index in [2.05, 4.69) is 20.2 Å². The zero-order valence-electron chi connectivity index (χ0n) is 17.3. The summed E-state index contributed by atoms with van der Waals surface area (Å²) in [6, 6.07) is 7.87. The molecule has 1 aliphatic heterocycles. The number of rotatable bonds is 5. The summed E-state index contributed by atoms with van der Waals surface area (Å²) >= 11 is 0. The predicted molar refractivity (Wildman–Crippen MR) is 111 cm³/mol. The lowest BCUT2D eigenvalue weighted by Crippen LogP contribution is -2.48. The van der Waals surface area contributed by atoms with Gasteiger partial charge in [0, 0.05) is 38.8 Å². The summed E-state index contributed by atoms with van der Waals surface area (Å²) in [6.07, 6.45) is 1.52. The Morgan fingerprint density at radius 2 is 1.97 bits per heavy atom. The van der Waals surface area contributed by atoms with Gasteiger partial charge in [0.1, 0.15) is 0 Å². The molecular formula is C21H23FN6O3. The summed E-state index contributed by atoms with van der Waals surface area (Å²) in [7, 11) is 1.44. The fourth-order valence-corrected chi connectivity index (χ4v) is 3.65. The van der Waals surface area contributed by atoms with Gasteiger partial charge in [-0.05, 0) is 30.7 Å². The Balaban J connectivity index is 1.39. The van der Waals surface area contributed by atoms with Crippen molar-refractivity contribution in [2.45, 2.75) is 13.5 Å². The van der Waals surface area contributed by atoms with E-state index in [1.165, 1.54) is 30.1 Å². The second-order valence-electron chi connectivity index (χ2n) is 7.37. The number of ether oxygens (including phenoxy) is 1. The van der Waals surface area contributed by atoms with E-state index in [-0.39, 0.29) is 23.0 Å². The van der Waals surface area contributed by atoms with Gasteiger partial charge in [-0.3, -0.25) is 14.5 Å². The van der Waals surface area contributed by atoms with Crippen LogP contribution in [0, 0.1) is 12.7 Å². The number of methoxy groups -OCH3 is 1. The molecule has 31 heavy (non-hydrogen) atoms. The first-order valence-electron chi connectivity index (χ1n) is 9.91. The average molecular weight is 426 g/mol. The molecule has 9 nitrogen and oxygen atoms in total. The van der Waals surface area contributed by atoms with Gasteiger partial charge in [0.15, 0.2) is 17.4 Å². The number of hydrogen-bond donors (Lipinski definition) is 1. The van der Waals surface area contributed by atoms with Crippen LogP contribution < -0.4 is 10.3 Å². The standard InChI is InChI=1S/C21H23FN6O3/c1-14-16(12-23-28(14)19-5-6-20(29)25-24-19)21(30)27-9-7-26(8-10-27)13-15-3-4-18(31-2)17(22)11-15/h3-6,11-12H,7-10,13H2,1-2H3,(H,25,29). The van der Waals surface area contributed by atoms with Crippen molar-refractivity contribution in [3.05, 3.63) is 69.5 Å². The number of aromatic amines is 1. The van der Waals surface area contributed by atoms with E-state index in [1.807, 2.05) is 6.07 Å².